The molecule has 0 radical (unpaired) electrons. The Kier molecular flexibility index (Phi) is 3.50. The highest BCUT2D eigenvalue weighted by Gasteiger charge is 2.20. The van der Waals surface area contributed by atoms with Crippen LogP contribution in [0.25, 0.3) is 0 Å². The van der Waals surface area contributed by atoms with Crippen LogP contribution in [0.15, 0.2) is 18.2 Å². The van der Waals surface area contributed by atoms with E-state index in [1.165, 1.54) is 19.2 Å². The molecule has 0 spiro atoms. The second-order valence-electron chi connectivity index (χ2n) is 3.01. The van der Waals surface area contributed by atoms with Crippen LogP contribution in [-0.4, -0.2) is 23.4 Å². The number of nitrogens with zero attached hydrogens (tertiary/aromatic N) is 1. The molecule has 0 aliphatic carbocycles. The number of ether oxygens (including phenoxy) is 1. The first-order chi connectivity index (χ1) is 7.10. The Morgan fingerprint density at radius 1 is 1.47 bits per heavy atom. The zero-order valence-corrected chi connectivity index (χ0v) is 8.21. The second-order valence-corrected chi connectivity index (χ2v) is 3.01. The summed E-state index contributed by atoms with van der Waals surface area (Å²) in [6.07, 6.45) is -2.83. The molecule has 0 saturated heterocycles. The highest BCUT2D eigenvalue weighted by atomic mass is 16.5. The predicted octanol–water partition coefficient (Wildman–Crippen LogP) is 0.195. The molecule has 0 aliphatic heterocycles. The minimum Gasteiger partial charge on any atom is -0.497 e. The third-order valence-corrected chi connectivity index (χ3v) is 2.04. The monoisotopic (exact) mass is 208 g/mol. The van der Waals surface area contributed by atoms with Gasteiger partial charge >= 0.3 is 0 Å². The molecule has 1 rings (SSSR count). The molecule has 0 amide bonds. The first-order valence-corrected chi connectivity index (χ1v) is 4.29. The normalized spacial score (nSPS) is 14.0. The number of nitrogens with two attached hydrogens (primary N) is 1. The lowest BCUT2D eigenvalue weighted by molar-refractivity contribution is 0.0531. The molecule has 0 aliphatic rings. The number of rotatable bonds is 3. The number of nitriles is 1. The fourth-order valence-corrected chi connectivity index (χ4v) is 1.18. The van der Waals surface area contributed by atoms with Gasteiger partial charge in [-0.15, -0.1) is 0 Å². The summed E-state index contributed by atoms with van der Waals surface area (Å²) in [6.45, 7) is 0. The van der Waals surface area contributed by atoms with Crippen molar-refractivity contribution in [3.63, 3.8) is 0 Å². The highest BCUT2D eigenvalue weighted by molar-refractivity contribution is 5.52. The Morgan fingerprint density at radius 2 is 2.13 bits per heavy atom. The Hall–Kier alpha value is -1.77. The fourth-order valence-electron chi connectivity index (χ4n) is 1.18. The number of benzene rings is 1. The van der Waals surface area contributed by atoms with Gasteiger partial charge in [-0.2, -0.15) is 5.26 Å². The van der Waals surface area contributed by atoms with Gasteiger partial charge in [-0.3, -0.25) is 0 Å². The van der Waals surface area contributed by atoms with Crippen LogP contribution < -0.4 is 10.5 Å². The van der Waals surface area contributed by atoms with E-state index >= 15 is 0 Å². The molecule has 4 N–H and O–H groups in total. The average molecular weight is 208 g/mol. The molecule has 1 aromatic rings. The van der Waals surface area contributed by atoms with Crippen molar-refractivity contribution in [2.45, 2.75) is 12.2 Å². The first kappa shape index (κ1) is 11.3. The molecule has 5 nitrogen and oxygen atoms in total. The Bertz CT molecular complexity index is 387. The minimum absolute atomic E-state index is 0.281. The van der Waals surface area contributed by atoms with Crippen LogP contribution in [0.4, 0.5) is 5.69 Å². The van der Waals surface area contributed by atoms with Crippen molar-refractivity contribution in [3.05, 3.63) is 23.8 Å². The summed E-state index contributed by atoms with van der Waals surface area (Å²) in [7, 11) is 1.47. The predicted molar refractivity (Wildman–Crippen MR) is 54.0 cm³/mol. The van der Waals surface area contributed by atoms with Crippen molar-refractivity contribution in [1.29, 1.82) is 5.26 Å². The molecule has 80 valence electrons. The molecule has 0 fully saturated rings. The average Bonchev–Trinajstić information content (AvgIpc) is 2.27. The number of methoxy groups -OCH3 is 1. The lowest BCUT2D eigenvalue weighted by atomic mass is 10.0. The molecule has 1 aromatic carbocycles. The van der Waals surface area contributed by atoms with Gasteiger partial charge in [0, 0.05) is 11.3 Å². The number of aliphatic hydroxyl groups is 2. The van der Waals surface area contributed by atoms with Crippen molar-refractivity contribution < 1.29 is 14.9 Å². The summed E-state index contributed by atoms with van der Waals surface area (Å²) in [4.78, 5) is 0. The Morgan fingerprint density at radius 3 is 2.67 bits per heavy atom. The van der Waals surface area contributed by atoms with E-state index in [9.17, 15) is 5.11 Å². The lowest BCUT2D eigenvalue weighted by Crippen LogP contribution is -2.17. The first-order valence-electron chi connectivity index (χ1n) is 4.29. The largest absolute Gasteiger partial charge is 0.497 e. The van der Waals surface area contributed by atoms with E-state index in [0.29, 0.717) is 11.4 Å². The number of hydrogen-bond acceptors (Lipinski definition) is 5. The number of aliphatic hydroxyl groups excluding tert-OH is 2. The van der Waals surface area contributed by atoms with Crippen LogP contribution in [0, 0.1) is 11.3 Å². The van der Waals surface area contributed by atoms with Gasteiger partial charge in [-0.25, -0.2) is 0 Å². The summed E-state index contributed by atoms with van der Waals surface area (Å²) >= 11 is 0. The van der Waals surface area contributed by atoms with Gasteiger partial charge in [-0.1, -0.05) is 0 Å². The van der Waals surface area contributed by atoms with Gasteiger partial charge in [0.2, 0.25) is 0 Å². The van der Waals surface area contributed by atoms with E-state index in [2.05, 4.69) is 0 Å². The molecular formula is C10H12N2O3. The SMILES string of the molecule is COc1ccc(N)c(C(O)C(O)C#N)c1. The number of hydrogen-bond donors (Lipinski definition) is 3. The smallest absolute Gasteiger partial charge is 0.170 e. The van der Waals surface area contributed by atoms with Crippen LogP contribution >= 0.6 is 0 Å². The molecule has 0 saturated carbocycles. The summed E-state index contributed by atoms with van der Waals surface area (Å²) in [5.41, 5.74) is 6.19. The van der Waals surface area contributed by atoms with Gasteiger partial charge < -0.3 is 20.7 Å². The van der Waals surface area contributed by atoms with Crippen molar-refractivity contribution in [1.82, 2.24) is 0 Å². The Balaban J connectivity index is 3.07. The second kappa shape index (κ2) is 4.64. The van der Waals surface area contributed by atoms with Crippen molar-refractivity contribution in [2.24, 2.45) is 0 Å². The van der Waals surface area contributed by atoms with Crippen molar-refractivity contribution in [2.75, 3.05) is 12.8 Å². The van der Waals surface area contributed by atoms with Gasteiger partial charge in [0.05, 0.1) is 13.2 Å². The highest BCUT2D eigenvalue weighted by Crippen LogP contribution is 2.27. The molecule has 5 heteroatoms. The number of anilines is 1. The van der Waals surface area contributed by atoms with E-state index in [1.54, 1.807) is 12.1 Å². The van der Waals surface area contributed by atoms with Gasteiger partial charge in [0.1, 0.15) is 11.9 Å². The van der Waals surface area contributed by atoms with Crippen molar-refractivity contribution in [3.8, 4) is 11.8 Å². The molecule has 0 heterocycles. The molecular weight excluding hydrogens is 196 g/mol. The number of nitrogen functional groups attached to an aromatic ring is 1. The standard InChI is InChI=1S/C10H12N2O3/c1-15-6-2-3-8(12)7(4-6)10(14)9(13)5-11/h2-4,9-10,13-14H,12H2,1H3. The summed E-state index contributed by atoms with van der Waals surface area (Å²) in [6, 6.07) is 6.20. The van der Waals surface area contributed by atoms with Crippen LogP contribution in [0.2, 0.25) is 0 Å². The van der Waals surface area contributed by atoms with E-state index in [1.807, 2.05) is 0 Å². The summed E-state index contributed by atoms with van der Waals surface area (Å²) in [5, 5.41) is 27.2. The van der Waals surface area contributed by atoms with E-state index in [0.717, 1.165) is 0 Å². The maximum absolute atomic E-state index is 9.58. The van der Waals surface area contributed by atoms with Crippen LogP contribution in [0.3, 0.4) is 0 Å². The van der Waals surface area contributed by atoms with Gasteiger partial charge in [-0.05, 0) is 18.2 Å². The third-order valence-electron chi connectivity index (χ3n) is 2.04. The fraction of sp³-hybridized carbons (Fsp3) is 0.300. The lowest BCUT2D eigenvalue weighted by Gasteiger charge is -2.15. The van der Waals surface area contributed by atoms with Crippen molar-refractivity contribution >= 4 is 5.69 Å². The quantitative estimate of drug-likeness (QED) is 0.486. The zero-order valence-electron chi connectivity index (χ0n) is 8.21. The third kappa shape index (κ3) is 2.37. The van der Waals surface area contributed by atoms with Crippen LogP contribution in [-0.2, 0) is 0 Å². The summed E-state index contributed by atoms with van der Waals surface area (Å²) in [5.74, 6) is 0.503. The van der Waals surface area contributed by atoms with Crippen LogP contribution in [0.1, 0.15) is 11.7 Å². The minimum atomic E-state index is -1.50. The topological polar surface area (TPSA) is 99.5 Å². The van der Waals surface area contributed by atoms with Gasteiger partial charge in [0.25, 0.3) is 0 Å². The summed E-state index contributed by atoms with van der Waals surface area (Å²) < 4.78 is 4.94. The molecule has 0 aromatic heterocycles. The maximum Gasteiger partial charge on any atom is 0.170 e. The molecule has 2 atom stereocenters. The zero-order chi connectivity index (χ0) is 11.4. The molecule has 2 unspecified atom stereocenters. The van der Waals surface area contributed by atoms with Gasteiger partial charge in [0.15, 0.2) is 6.10 Å². The molecule has 0 bridgehead atoms. The Labute approximate surface area is 87.3 Å². The van der Waals surface area contributed by atoms with Crippen LogP contribution in [0.5, 0.6) is 5.75 Å². The maximum atomic E-state index is 9.58. The van der Waals surface area contributed by atoms with E-state index in [4.69, 9.17) is 20.8 Å². The van der Waals surface area contributed by atoms with E-state index in [-0.39, 0.29) is 5.56 Å². The van der Waals surface area contributed by atoms with E-state index < -0.39 is 12.2 Å². The molecule has 15 heavy (non-hydrogen) atoms.